The normalized spacial score (nSPS) is 22.7. The number of anilines is 1. The molecule has 2 fully saturated rings. The Balaban J connectivity index is 1.64. The third kappa shape index (κ3) is 2.42. The van der Waals surface area contributed by atoms with E-state index in [4.69, 9.17) is 0 Å². The summed E-state index contributed by atoms with van der Waals surface area (Å²) >= 11 is 1.64. The van der Waals surface area contributed by atoms with E-state index in [1.807, 2.05) is 13.1 Å². The summed E-state index contributed by atoms with van der Waals surface area (Å²) in [6, 6.07) is 0. The van der Waals surface area contributed by atoms with Crippen molar-refractivity contribution in [3.05, 3.63) is 11.1 Å². The second-order valence-corrected chi connectivity index (χ2v) is 6.67. The fraction of sp³-hybridized carbons (Fsp3) is 0.692. The second-order valence-electron chi connectivity index (χ2n) is 5.61. The monoisotopic (exact) mass is 265 g/mol. The first-order valence-electron chi connectivity index (χ1n) is 6.65. The largest absolute Gasteiger partial charge is 0.317 e. The predicted molar refractivity (Wildman–Crippen MR) is 72.9 cm³/mol. The molecule has 18 heavy (non-hydrogen) atoms. The van der Waals surface area contributed by atoms with Crippen LogP contribution in [0.5, 0.6) is 0 Å². The lowest BCUT2D eigenvalue weighted by Gasteiger charge is -2.20. The smallest absolute Gasteiger partial charge is 0.232 e. The van der Waals surface area contributed by atoms with Crippen molar-refractivity contribution >= 4 is 22.4 Å². The third-order valence-electron chi connectivity index (χ3n) is 4.03. The van der Waals surface area contributed by atoms with Crippen molar-refractivity contribution in [1.82, 2.24) is 10.3 Å². The molecule has 2 heterocycles. The van der Waals surface area contributed by atoms with Crippen LogP contribution in [0, 0.1) is 5.41 Å². The van der Waals surface area contributed by atoms with Crippen LogP contribution in [0.3, 0.4) is 0 Å². The van der Waals surface area contributed by atoms with Crippen molar-refractivity contribution in [3.8, 4) is 0 Å². The highest BCUT2D eigenvalue weighted by Crippen LogP contribution is 2.46. The number of nitrogens with zero attached hydrogens (tertiary/aromatic N) is 1. The van der Waals surface area contributed by atoms with Gasteiger partial charge >= 0.3 is 0 Å². The van der Waals surface area contributed by atoms with Crippen LogP contribution in [-0.4, -0.2) is 24.0 Å². The third-order valence-corrected chi connectivity index (χ3v) is 5.11. The molecule has 1 aromatic rings. The summed E-state index contributed by atoms with van der Waals surface area (Å²) in [6.45, 7) is 4.19. The van der Waals surface area contributed by atoms with E-state index < -0.39 is 0 Å². The number of aromatic nitrogens is 1. The van der Waals surface area contributed by atoms with Gasteiger partial charge in [0, 0.05) is 16.5 Å². The van der Waals surface area contributed by atoms with Crippen molar-refractivity contribution in [1.29, 1.82) is 0 Å². The van der Waals surface area contributed by atoms with E-state index >= 15 is 0 Å². The SMILES string of the molecule is CC1(C(=O)Nc2ncc(C3CCNCC3)s2)CC1. The van der Waals surface area contributed by atoms with Crippen LogP contribution in [-0.2, 0) is 4.79 Å². The first-order chi connectivity index (χ1) is 8.67. The lowest BCUT2D eigenvalue weighted by Crippen LogP contribution is -2.26. The Bertz CT molecular complexity index is 447. The van der Waals surface area contributed by atoms with E-state index in [0.717, 1.165) is 31.1 Å². The average Bonchev–Trinajstić information content (AvgIpc) is 2.98. The first-order valence-corrected chi connectivity index (χ1v) is 7.47. The zero-order valence-corrected chi connectivity index (χ0v) is 11.5. The van der Waals surface area contributed by atoms with E-state index in [-0.39, 0.29) is 11.3 Å². The molecule has 4 nitrogen and oxygen atoms in total. The quantitative estimate of drug-likeness (QED) is 0.882. The second kappa shape index (κ2) is 4.63. The summed E-state index contributed by atoms with van der Waals surface area (Å²) in [7, 11) is 0. The molecule has 5 heteroatoms. The molecule has 1 aliphatic heterocycles. The molecule has 0 unspecified atom stereocenters. The van der Waals surface area contributed by atoms with Gasteiger partial charge in [-0.25, -0.2) is 4.98 Å². The van der Waals surface area contributed by atoms with Crippen molar-refractivity contribution in [2.75, 3.05) is 18.4 Å². The van der Waals surface area contributed by atoms with Crippen LogP contribution >= 0.6 is 11.3 Å². The van der Waals surface area contributed by atoms with Gasteiger partial charge in [-0.15, -0.1) is 11.3 Å². The molecule has 0 spiro atoms. The minimum absolute atomic E-state index is 0.124. The predicted octanol–water partition coefficient (Wildman–Crippen LogP) is 2.35. The molecule has 0 atom stereocenters. The van der Waals surface area contributed by atoms with E-state index in [1.165, 1.54) is 17.7 Å². The Morgan fingerprint density at radius 3 is 2.89 bits per heavy atom. The highest BCUT2D eigenvalue weighted by Gasteiger charge is 2.45. The molecule has 2 N–H and O–H groups in total. The Hall–Kier alpha value is -0.940. The molecule has 0 bridgehead atoms. The Morgan fingerprint density at radius 1 is 1.50 bits per heavy atom. The van der Waals surface area contributed by atoms with Crippen molar-refractivity contribution in [2.24, 2.45) is 5.41 Å². The van der Waals surface area contributed by atoms with Gasteiger partial charge < -0.3 is 10.6 Å². The summed E-state index contributed by atoms with van der Waals surface area (Å²) < 4.78 is 0. The van der Waals surface area contributed by atoms with Crippen molar-refractivity contribution < 1.29 is 4.79 Å². The van der Waals surface area contributed by atoms with Crippen molar-refractivity contribution in [3.63, 3.8) is 0 Å². The summed E-state index contributed by atoms with van der Waals surface area (Å²) in [4.78, 5) is 17.6. The van der Waals surface area contributed by atoms with E-state index in [1.54, 1.807) is 11.3 Å². The minimum atomic E-state index is -0.124. The minimum Gasteiger partial charge on any atom is -0.317 e. The Morgan fingerprint density at radius 2 is 2.22 bits per heavy atom. The van der Waals surface area contributed by atoms with Crippen LogP contribution in [0.25, 0.3) is 0 Å². The number of piperidine rings is 1. The van der Waals surface area contributed by atoms with Gasteiger partial charge in [-0.05, 0) is 44.7 Å². The summed E-state index contributed by atoms with van der Waals surface area (Å²) in [5, 5.41) is 7.09. The Labute approximate surface area is 111 Å². The fourth-order valence-electron chi connectivity index (χ4n) is 2.30. The van der Waals surface area contributed by atoms with Crippen LogP contribution in [0.2, 0.25) is 0 Å². The molecule has 0 aromatic carbocycles. The van der Waals surface area contributed by atoms with Gasteiger partial charge in [0.05, 0.1) is 0 Å². The van der Waals surface area contributed by atoms with Crippen molar-refractivity contribution in [2.45, 2.75) is 38.5 Å². The van der Waals surface area contributed by atoms with Crippen LogP contribution in [0.15, 0.2) is 6.20 Å². The van der Waals surface area contributed by atoms with Gasteiger partial charge in [0.25, 0.3) is 0 Å². The van der Waals surface area contributed by atoms with E-state index in [0.29, 0.717) is 5.92 Å². The van der Waals surface area contributed by atoms with Gasteiger partial charge in [0.15, 0.2) is 5.13 Å². The number of hydrogen-bond acceptors (Lipinski definition) is 4. The molecule has 1 aromatic heterocycles. The zero-order chi connectivity index (χ0) is 12.6. The first kappa shape index (κ1) is 12.1. The van der Waals surface area contributed by atoms with Gasteiger partial charge in [-0.3, -0.25) is 4.79 Å². The van der Waals surface area contributed by atoms with E-state index in [2.05, 4.69) is 15.6 Å². The number of rotatable bonds is 3. The highest BCUT2D eigenvalue weighted by molar-refractivity contribution is 7.15. The number of carbonyl (C=O) groups excluding carboxylic acids is 1. The zero-order valence-electron chi connectivity index (χ0n) is 10.7. The molecule has 1 saturated carbocycles. The topological polar surface area (TPSA) is 54.0 Å². The van der Waals surface area contributed by atoms with Gasteiger partial charge in [-0.1, -0.05) is 6.92 Å². The number of carbonyl (C=O) groups is 1. The standard InChI is InChI=1S/C13H19N3OS/c1-13(4-5-13)11(17)16-12-15-8-10(18-12)9-2-6-14-7-3-9/h8-9,14H,2-7H2,1H3,(H,15,16,17). The molecule has 1 aliphatic carbocycles. The van der Waals surface area contributed by atoms with Crippen LogP contribution < -0.4 is 10.6 Å². The molecule has 98 valence electrons. The maximum atomic E-state index is 11.9. The summed E-state index contributed by atoms with van der Waals surface area (Å²) in [5.74, 6) is 0.750. The van der Waals surface area contributed by atoms with Gasteiger partial charge in [-0.2, -0.15) is 0 Å². The molecule has 2 aliphatic rings. The highest BCUT2D eigenvalue weighted by atomic mass is 32.1. The number of amides is 1. The lowest BCUT2D eigenvalue weighted by molar-refractivity contribution is -0.120. The summed E-state index contributed by atoms with van der Waals surface area (Å²) in [5.41, 5.74) is -0.124. The maximum Gasteiger partial charge on any atom is 0.232 e. The molecule has 0 radical (unpaired) electrons. The maximum absolute atomic E-state index is 11.9. The van der Waals surface area contributed by atoms with Crippen LogP contribution in [0.4, 0.5) is 5.13 Å². The van der Waals surface area contributed by atoms with Gasteiger partial charge in [0.2, 0.25) is 5.91 Å². The Kier molecular flexibility index (Phi) is 3.11. The molecular weight excluding hydrogens is 246 g/mol. The molecule has 1 saturated heterocycles. The average molecular weight is 265 g/mol. The van der Waals surface area contributed by atoms with E-state index in [9.17, 15) is 4.79 Å². The number of nitrogens with one attached hydrogen (secondary N) is 2. The molecular formula is C13H19N3OS. The molecule has 1 amide bonds. The number of hydrogen-bond donors (Lipinski definition) is 2. The fourth-order valence-corrected chi connectivity index (χ4v) is 3.28. The van der Waals surface area contributed by atoms with Crippen LogP contribution in [0.1, 0.15) is 43.4 Å². The summed E-state index contributed by atoms with van der Waals surface area (Å²) in [6.07, 6.45) is 6.29. The van der Waals surface area contributed by atoms with Gasteiger partial charge in [0.1, 0.15) is 0 Å². The lowest BCUT2D eigenvalue weighted by atomic mass is 9.97. The number of thiazole rings is 1. The molecule has 3 rings (SSSR count).